The molecule has 0 N–H and O–H groups in total. The van der Waals surface area contributed by atoms with Gasteiger partial charge in [-0.15, -0.1) is 0 Å². The fourth-order valence-corrected chi connectivity index (χ4v) is 2.33. The summed E-state index contributed by atoms with van der Waals surface area (Å²) >= 11 is 11.8. The van der Waals surface area contributed by atoms with Gasteiger partial charge in [0, 0.05) is 10.0 Å². The number of benzene rings is 2. The molecule has 0 aliphatic carbocycles. The van der Waals surface area contributed by atoms with E-state index in [1.54, 1.807) is 41.2 Å². The van der Waals surface area contributed by atoms with E-state index in [1.165, 1.54) is 0 Å². The van der Waals surface area contributed by atoms with Gasteiger partial charge in [-0.25, -0.2) is 4.98 Å². The zero-order valence-electron chi connectivity index (χ0n) is 10.4. The maximum atomic E-state index is 12.4. The summed E-state index contributed by atoms with van der Waals surface area (Å²) in [6.45, 7) is 0.450. The Kier molecular flexibility index (Phi) is 3.47. The number of hydrogen-bond acceptors (Lipinski definition) is 2. The molecular weight excluding hydrogens is 295 g/mol. The molecule has 0 spiro atoms. The van der Waals surface area contributed by atoms with Gasteiger partial charge >= 0.3 is 0 Å². The van der Waals surface area contributed by atoms with Gasteiger partial charge in [-0.1, -0.05) is 35.3 Å². The second-order valence-corrected chi connectivity index (χ2v) is 5.34. The lowest BCUT2D eigenvalue weighted by Crippen LogP contribution is -2.21. The fraction of sp³-hybridized carbons (Fsp3) is 0.0667. The number of halogens is 2. The van der Waals surface area contributed by atoms with Crippen molar-refractivity contribution in [2.24, 2.45) is 0 Å². The molecule has 0 bridgehead atoms. The Hall–Kier alpha value is -1.84. The van der Waals surface area contributed by atoms with Crippen LogP contribution >= 0.6 is 23.2 Å². The van der Waals surface area contributed by atoms with E-state index in [1.807, 2.05) is 12.1 Å². The molecule has 0 fully saturated rings. The molecule has 0 atom stereocenters. The van der Waals surface area contributed by atoms with E-state index in [2.05, 4.69) is 4.98 Å². The van der Waals surface area contributed by atoms with Crippen molar-refractivity contribution in [3.63, 3.8) is 0 Å². The van der Waals surface area contributed by atoms with Crippen LogP contribution in [0.5, 0.6) is 0 Å². The zero-order chi connectivity index (χ0) is 14.1. The van der Waals surface area contributed by atoms with Crippen molar-refractivity contribution in [1.82, 2.24) is 9.55 Å². The first kappa shape index (κ1) is 13.2. The van der Waals surface area contributed by atoms with Gasteiger partial charge < -0.3 is 0 Å². The van der Waals surface area contributed by atoms with Crippen molar-refractivity contribution in [2.75, 3.05) is 0 Å². The van der Waals surface area contributed by atoms with Crippen LogP contribution in [0.2, 0.25) is 10.0 Å². The Morgan fingerprint density at radius 3 is 2.45 bits per heavy atom. The van der Waals surface area contributed by atoms with Crippen LogP contribution in [-0.4, -0.2) is 9.55 Å². The fourth-order valence-electron chi connectivity index (χ4n) is 2.03. The summed E-state index contributed by atoms with van der Waals surface area (Å²) < 4.78 is 1.56. The molecular formula is C15H10Cl2N2O. The molecule has 0 aliphatic heterocycles. The van der Waals surface area contributed by atoms with Crippen LogP contribution in [-0.2, 0) is 6.54 Å². The summed E-state index contributed by atoms with van der Waals surface area (Å²) in [4.78, 5) is 16.7. The maximum Gasteiger partial charge on any atom is 0.261 e. The predicted octanol–water partition coefficient (Wildman–Crippen LogP) is 3.75. The molecule has 100 valence electrons. The molecule has 0 amide bonds. The van der Waals surface area contributed by atoms with E-state index in [4.69, 9.17) is 23.2 Å². The van der Waals surface area contributed by atoms with Gasteiger partial charge in [0.25, 0.3) is 5.56 Å². The Labute approximate surface area is 125 Å². The topological polar surface area (TPSA) is 34.9 Å². The van der Waals surface area contributed by atoms with Crippen LogP contribution in [0.15, 0.2) is 53.6 Å². The van der Waals surface area contributed by atoms with Gasteiger partial charge in [-0.3, -0.25) is 9.36 Å². The average Bonchev–Trinajstić information content (AvgIpc) is 2.45. The van der Waals surface area contributed by atoms with Crippen LogP contribution in [0.1, 0.15) is 5.56 Å². The Morgan fingerprint density at radius 1 is 1.00 bits per heavy atom. The highest BCUT2D eigenvalue weighted by atomic mass is 35.5. The lowest BCUT2D eigenvalue weighted by atomic mass is 10.2. The average molecular weight is 305 g/mol. The number of hydrogen-bond donors (Lipinski definition) is 0. The summed E-state index contributed by atoms with van der Waals surface area (Å²) in [6.07, 6.45) is 1.55. The van der Waals surface area contributed by atoms with Gasteiger partial charge in [0.1, 0.15) is 0 Å². The van der Waals surface area contributed by atoms with Crippen molar-refractivity contribution in [2.45, 2.75) is 6.54 Å². The Morgan fingerprint density at radius 2 is 1.70 bits per heavy atom. The SMILES string of the molecule is O=c1c2cc(Cl)ccc2ncn1Cc1ccc(Cl)cc1. The van der Waals surface area contributed by atoms with Gasteiger partial charge in [-0.05, 0) is 35.9 Å². The maximum absolute atomic E-state index is 12.4. The van der Waals surface area contributed by atoms with E-state index in [0.29, 0.717) is 27.5 Å². The molecule has 0 aliphatic rings. The summed E-state index contributed by atoms with van der Waals surface area (Å²) in [5.74, 6) is 0. The highest BCUT2D eigenvalue weighted by Crippen LogP contribution is 2.15. The third kappa shape index (κ3) is 2.55. The van der Waals surface area contributed by atoms with Crippen LogP contribution in [0.25, 0.3) is 10.9 Å². The first-order valence-corrected chi connectivity index (χ1v) is 6.78. The second-order valence-electron chi connectivity index (χ2n) is 4.47. The van der Waals surface area contributed by atoms with E-state index in [9.17, 15) is 4.79 Å². The lowest BCUT2D eigenvalue weighted by molar-refractivity contribution is 0.748. The molecule has 0 saturated carbocycles. The quantitative estimate of drug-likeness (QED) is 0.722. The van der Waals surface area contributed by atoms with Crippen LogP contribution in [0.4, 0.5) is 0 Å². The van der Waals surface area contributed by atoms with Gasteiger partial charge in [0.05, 0.1) is 23.8 Å². The second kappa shape index (κ2) is 5.27. The lowest BCUT2D eigenvalue weighted by Gasteiger charge is -2.07. The largest absolute Gasteiger partial charge is 0.294 e. The smallest absolute Gasteiger partial charge is 0.261 e. The molecule has 0 unspecified atom stereocenters. The van der Waals surface area contributed by atoms with Crippen molar-refractivity contribution < 1.29 is 0 Å². The highest BCUT2D eigenvalue weighted by molar-refractivity contribution is 6.31. The molecule has 1 heterocycles. The molecule has 5 heteroatoms. The molecule has 3 rings (SSSR count). The minimum absolute atomic E-state index is 0.104. The van der Waals surface area contributed by atoms with Gasteiger partial charge in [0.15, 0.2) is 0 Å². The minimum atomic E-state index is -0.104. The van der Waals surface area contributed by atoms with Gasteiger partial charge in [0.2, 0.25) is 0 Å². The summed E-state index contributed by atoms with van der Waals surface area (Å²) in [6, 6.07) is 12.5. The van der Waals surface area contributed by atoms with E-state index >= 15 is 0 Å². The molecule has 2 aromatic carbocycles. The monoisotopic (exact) mass is 304 g/mol. The molecule has 20 heavy (non-hydrogen) atoms. The third-order valence-corrected chi connectivity index (χ3v) is 3.54. The first-order chi connectivity index (χ1) is 9.63. The summed E-state index contributed by atoms with van der Waals surface area (Å²) in [5.41, 5.74) is 1.53. The van der Waals surface area contributed by atoms with E-state index in [-0.39, 0.29) is 5.56 Å². The van der Waals surface area contributed by atoms with Crippen molar-refractivity contribution in [3.8, 4) is 0 Å². The summed E-state index contributed by atoms with van der Waals surface area (Å²) in [7, 11) is 0. The Bertz CT molecular complexity index is 825. The van der Waals surface area contributed by atoms with Crippen LogP contribution in [0, 0.1) is 0 Å². The molecule has 3 aromatic rings. The molecule has 3 nitrogen and oxygen atoms in total. The van der Waals surface area contributed by atoms with E-state index < -0.39 is 0 Å². The third-order valence-electron chi connectivity index (χ3n) is 3.05. The Balaban J connectivity index is 2.06. The van der Waals surface area contributed by atoms with Crippen LogP contribution in [0.3, 0.4) is 0 Å². The highest BCUT2D eigenvalue weighted by Gasteiger charge is 2.05. The van der Waals surface area contributed by atoms with Crippen molar-refractivity contribution in [3.05, 3.63) is 74.8 Å². The number of fused-ring (bicyclic) bond motifs is 1. The molecule has 0 radical (unpaired) electrons. The summed E-state index contributed by atoms with van der Waals surface area (Å²) in [5, 5.41) is 1.72. The standard InChI is InChI=1S/C15H10Cl2N2O/c16-11-3-1-10(2-4-11)8-19-9-18-14-6-5-12(17)7-13(14)15(19)20/h1-7,9H,8H2. The zero-order valence-corrected chi connectivity index (χ0v) is 11.9. The van der Waals surface area contributed by atoms with Crippen molar-refractivity contribution in [1.29, 1.82) is 0 Å². The predicted molar refractivity (Wildman–Crippen MR) is 81.6 cm³/mol. The number of nitrogens with zero attached hydrogens (tertiary/aromatic N) is 2. The molecule has 1 aromatic heterocycles. The van der Waals surface area contributed by atoms with Crippen molar-refractivity contribution >= 4 is 34.1 Å². The first-order valence-electron chi connectivity index (χ1n) is 6.02. The normalized spacial score (nSPS) is 10.9. The number of aromatic nitrogens is 2. The van der Waals surface area contributed by atoms with Gasteiger partial charge in [-0.2, -0.15) is 0 Å². The minimum Gasteiger partial charge on any atom is -0.294 e. The van der Waals surface area contributed by atoms with Crippen LogP contribution < -0.4 is 5.56 Å². The number of rotatable bonds is 2. The molecule has 0 saturated heterocycles. The van der Waals surface area contributed by atoms with E-state index in [0.717, 1.165) is 5.56 Å².